The van der Waals surface area contributed by atoms with E-state index in [4.69, 9.17) is 21.7 Å². The van der Waals surface area contributed by atoms with Crippen LogP contribution in [0, 0.1) is 0 Å². The van der Waals surface area contributed by atoms with Crippen molar-refractivity contribution in [2.75, 3.05) is 7.11 Å². The van der Waals surface area contributed by atoms with Crippen LogP contribution in [0.1, 0.15) is 6.92 Å². The van der Waals surface area contributed by atoms with Crippen molar-refractivity contribution in [2.24, 2.45) is 0 Å². The molecule has 0 radical (unpaired) electrons. The Morgan fingerprint density at radius 2 is 2.21 bits per heavy atom. The summed E-state index contributed by atoms with van der Waals surface area (Å²) >= 11 is 4.81. The Morgan fingerprint density at radius 3 is 2.68 bits per heavy atom. The molecule has 0 aromatic rings. The Morgan fingerprint density at radius 1 is 1.53 bits per heavy atom. The number of carbonyl (C=O) groups is 2. The summed E-state index contributed by atoms with van der Waals surface area (Å²) in [6, 6.07) is 0. The summed E-state index contributed by atoms with van der Waals surface area (Å²) in [6.45, 7) is 4.85. The lowest BCUT2D eigenvalue weighted by molar-refractivity contribution is -0.135. The third-order valence-corrected chi connectivity index (χ3v) is 2.41. The lowest BCUT2D eigenvalue weighted by atomic mass is 10.2. The van der Waals surface area contributed by atoms with Gasteiger partial charge in [-0.3, -0.25) is 9.59 Å². The van der Waals surface area contributed by atoms with Gasteiger partial charge in [-0.15, -0.1) is 0 Å². The van der Waals surface area contributed by atoms with E-state index in [2.05, 4.69) is 6.58 Å². The van der Waals surface area contributed by atoms with Crippen molar-refractivity contribution in [1.29, 1.82) is 0 Å². The van der Waals surface area contributed by atoms with Crippen LogP contribution in [0.5, 0.6) is 0 Å². The van der Waals surface area contributed by atoms with Gasteiger partial charge in [-0.2, -0.15) is 0 Å². The number of carbonyl (C=O) groups excluding carboxylic acids is 2. The smallest absolute Gasteiger partial charge is 0.303 e. The van der Waals surface area contributed by atoms with Crippen molar-refractivity contribution >= 4 is 29.2 Å². The van der Waals surface area contributed by atoms with Gasteiger partial charge in [0.05, 0.1) is 13.4 Å². The SMILES string of the molecule is C=CC(=C\C=C\OC)/C=C1/OC(=S)N(C(C)=O)C1=O. The van der Waals surface area contributed by atoms with Crippen LogP contribution >= 0.6 is 12.2 Å². The molecule has 0 saturated carbocycles. The van der Waals surface area contributed by atoms with Gasteiger partial charge in [-0.25, -0.2) is 4.90 Å². The molecule has 0 aromatic heterocycles. The molecule has 5 nitrogen and oxygen atoms in total. The predicted octanol–water partition coefficient (Wildman–Crippen LogP) is 1.83. The molecule has 2 amide bonds. The van der Waals surface area contributed by atoms with Gasteiger partial charge in [-0.1, -0.05) is 18.7 Å². The maximum absolute atomic E-state index is 11.9. The number of thiocarbonyl (C=S) groups is 1. The second kappa shape index (κ2) is 6.65. The largest absolute Gasteiger partial charge is 0.504 e. The Hall–Kier alpha value is -2.21. The van der Waals surface area contributed by atoms with Gasteiger partial charge in [-0.05, 0) is 29.9 Å². The monoisotopic (exact) mass is 279 g/mol. The van der Waals surface area contributed by atoms with Gasteiger partial charge in [0, 0.05) is 6.92 Å². The van der Waals surface area contributed by atoms with E-state index < -0.39 is 11.8 Å². The van der Waals surface area contributed by atoms with Crippen LogP contribution in [0.2, 0.25) is 0 Å². The van der Waals surface area contributed by atoms with Crippen molar-refractivity contribution in [2.45, 2.75) is 6.92 Å². The maximum Gasteiger partial charge on any atom is 0.303 e. The molecule has 1 aliphatic heterocycles. The number of imide groups is 1. The van der Waals surface area contributed by atoms with Gasteiger partial charge in [0.1, 0.15) is 0 Å². The molecule has 1 saturated heterocycles. The highest BCUT2D eigenvalue weighted by Crippen LogP contribution is 2.19. The molecule has 0 atom stereocenters. The molecule has 0 aliphatic carbocycles. The summed E-state index contributed by atoms with van der Waals surface area (Å²) in [4.78, 5) is 23.9. The highest BCUT2D eigenvalue weighted by atomic mass is 32.1. The Kier molecular flexibility index (Phi) is 5.20. The van der Waals surface area contributed by atoms with E-state index in [-0.39, 0.29) is 10.9 Å². The first-order valence-electron chi connectivity index (χ1n) is 5.32. The molecule has 0 unspecified atom stereocenters. The molecule has 1 rings (SSSR count). The Labute approximate surface area is 116 Å². The van der Waals surface area contributed by atoms with Crippen molar-refractivity contribution in [1.82, 2.24) is 4.90 Å². The molecular formula is C13H13NO4S. The lowest BCUT2D eigenvalue weighted by Gasteiger charge is -2.04. The van der Waals surface area contributed by atoms with Gasteiger partial charge in [0.2, 0.25) is 5.91 Å². The highest BCUT2D eigenvalue weighted by Gasteiger charge is 2.36. The topological polar surface area (TPSA) is 55.8 Å². The quantitative estimate of drug-likeness (QED) is 0.340. The van der Waals surface area contributed by atoms with E-state index in [1.54, 1.807) is 12.2 Å². The van der Waals surface area contributed by atoms with Crippen molar-refractivity contribution in [3.63, 3.8) is 0 Å². The van der Waals surface area contributed by atoms with Gasteiger partial charge in [0.25, 0.3) is 5.17 Å². The van der Waals surface area contributed by atoms with Crippen LogP contribution in [0.25, 0.3) is 0 Å². The average molecular weight is 279 g/mol. The van der Waals surface area contributed by atoms with Crippen molar-refractivity contribution in [3.05, 3.63) is 48.5 Å². The molecule has 6 heteroatoms. The van der Waals surface area contributed by atoms with Gasteiger partial charge in [0.15, 0.2) is 5.76 Å². The zero-order valence-electron chi connectivity index (χ0n) is 10.6. The van der Waals surface area contributed by atoms with Gasteiger partial charge < -0.3 is 9.47 Å². The minimum absolute atomic E-state index is 0.0165. The minimum Gasteiger partial charge on any atom is -0.504 e. The van der Waals surface area contributed by atoms with Crippen LogP contribution in [0.3, 0.4) is 0 Å². The van der Waals surface area contributed by atoms with Crippen LogP contribution in [0.4, 0.5) is 0 Å². The van der Waals surface area contributed by atoms with E-state index in [1.807, 2.05) is 0 Å². The second-order valence-electron chi connectivity index (χ2n) is 3.47. The first-order chi connectivity index (χ1) is 9.01. The first kappa shape index (κ1) is 14.8. The average Bonchev–Trinajstić information content (AvgIpc) is 2.63. The second-order valence-corrected chi connectivity index (χ2v) is 3.82. The third-order valence-electron chi connectivity index (χ3n) is 2.15. The van der Waals surface area contributed by atoms with E-state index in [0.717, 1.165) is 4.90 Å². The normalized spacial score (nSPS) is 18.1. The molecule has 0 aromatic carbocycles. The minimum atomic E-state index is -0.582. The van der Waals surface area contributed by atoms with Crippen LogP contribution in [0.15, 0.2) is 48.5 Å². The Bertz CT molecular complexity index is 517. The van der Waals surface area contributed by atoms with E-state index in [0.29, 0.717) is 5.57 Å². The maximum atomic E-state index is 11.9. The number of methoxy groups -OCH3 is 1. The number of allylic oxidation sites excluding steroid dienone is 5. The third kappa shape index (κ3) is 3.62. The summed E-state index contributed by atoms with van der Waals surface area (Å²) in [5.74, 6) is -1.08. The Balaban J connectivity index is 3.00. The number of hydrogen-bond acceptors (Lipinski definition) is 5. The summed E-state index contributed by atoms with van der Waals surface area (Å²) in [6.07, 6.45) is 7.74. The van der Waals surface area contributed by atoms with Crippen LogP contribution in [-0.4, -0.2) is 29.0 Å². The van der Waals surface area contributed by atoms with E-state index in [9.17, 15) is 9.59 Å². The van der Waals surface area contributed by atoms with Crippen LogP contribution < -0.4 is 0 Å². The summed E-state index contributed by atoms with van der Waals surface area (Å²) in [7, 11) is 1.52. The molecule has 0 spiro atoms. The molecule has 100 valence electrons. The fourth-order valence-corrected chi connectivity index (χ4v) is 1.60. The zero-order chi connectivity index (χ0) is 14.4. The van der Waals surface area contributed by atoms with E-state index in [1.165, 1.54) is 32.4 Å². The first-order valence-corrected chi connectivity index (χ1v) is 5.72. The highest BCUT2D eigenvalue weighted by molar-refractivity contribution is 7.80. The molecule has 1 heterocycles. The lowest BCUT2D eigenvalue weighted by Crippen LogP contribution is -2.32. The molecule has 0 bridgehead atoms. The summed E-state index contributed by atoms with van der Waals surface area (Å²) in [5, 5.41) is -0.167. The van der Waals surface area contributed by atoms with Crippen LogP contribution in [-0.2, 0) is 19.1 Å². The number of amides is 2. The molecule has 19 heavy (non-hydrogen) atoms. The number of hydrogen-bond donors (Lipinski definition) is 0. The standard InChI is InChI=1S/C13H13NO4S/c1-4-10(6-5-7-17-3)8-11-12(16)14(9(2)15)13(19)18-11/h4-8H,1H2,2-3H3/b7-5+,10-6+,11-8+. The summed E-state index contributed by atoms with van der Waals surface area (Å²) < 4.78 is 9.83. The number of nitrogens with zero attached hydrogens (tertiary/aromatic N) is 1. The van der Waals surface area contributed by atoms with Crippen molar-refractivity contribution in [3.8, 4) is 0 Å². The fraction of sp³-hybridized carbons (Fsp3) is 0.154. The molecule has 0 N–H and O–H groups in total. The number of ether oxygens (including phenoxy) is 2. The molecule has 1 aliphatic rings. The zero-order valence-corrected chi connectivity index (χ0v) is 11.4. The van der Waals surface area contributed by atoms with E-state index >= 15 is 0 Å². The molecule has 1 fully saturated rings. The van der Waals surface area contributed by atoms with Gasteiger partial charge >= 0.3 is 5.91 Å². The fourth-order valence-electron chi connectivity index (χ4n) is 1.29. The predicted molar refractivity (Wildman–Crippen MR) is 73.7 cm³/mol. The summed E-state index contributed by atoms with van der Waals surface area (Å²) in [5.41, 5.74) is 0.616. The van der Waals surface area contributed by atoms with Crippen molar-refractivity contribution < 1.29 is 19.1 Å². The number of rotatable bonds is 4. The molecular weight excluding hydrogens is 266 g/mol.